The molecule has 0 aliphatic carbocycles. The first kappa shape index (κ1) is 20.3. The van der Waals surface area contributed by atoms with Gasteiger partial charge in [0.25, 0.3) is 0 Å². The Morgan fingerprint density at radius 1 is 1.07 bits per heavy atom. The van der Waals surface area contributed by atoms with Crippen molar-refractivity contribution in [3.63, 3.8) is 0 Å². The first-order chi connectivity index (χ1) is 13.9. The lowest BCUT2D eigenvalue weighted by Crippen LogP contribution is -2.48. The third-order valence-corrected chi connectivity index (χ3v) is 8.03. The molecule has 29 heavy (non-hydrogen) atoms. The van der Waals surface area contributed by atoms with E-state index in [2.05, 4.69) is 41.5 Å². The lowest BCUT2D eigenvalue weighted by Gasteiger charge is -2.33. The molecule has 2 heterocycles. The van der Waals surface area contributed by atoms with E-state index < -0.39 is 10.0 Å². The van der Waals surface area contributed by atoms with E-state index >= 15 is 0 Å². The van der Waals surface area contributed by atoms with E-state index in [1.165, 1.54) is 21.5 Å². The van der Waals surface area contributed by atoms with Gasteiger partial charge in [-0.05, 0) is 30.7 Å². The second-order valence-corrected chi connectivity index (χ2v) is 10.3. The quantitative estimate of drug-likeness (QED) is 0.588. The van der Waals surface area contributed by atoms with Gasteiger partial charge >= 0.3 is 0 Å². The number of sulfonamides is 1. The van der Waals surface area contributed by atoms with Crippen molar-refractivity contribution in [2.45, 2.75) is 18.2 Å². The number of rotatable bonds is 5. The highest BCUT2D eigenvalue weighted by Gasteiger charge is 2.29. The SMILES string of the molecule is Cc1cccc(Cc2csc(N3CCN(S(=O)(=O)c4cccc(Cl)c4)CC3)n2)c1. The van der Waals surface area contributed by atoms with Gasteiger partial charge in [0.2, 0.25) is 10.0 Å². The van der Waals surface area contributed by atoms with E-state index in [1.807, 2.05) is 0 Å². The molecule has 0 N–H and O–H groups in total. The molecule has 5 nitrogen and oxygen atoms in total. The molecule has 3 aromatic rings. The highest BCUT2D eigenvalue weighted by Crippen LogP contribution is 2.26. The second-order valence-electron chi connectivity index (χ2n) is 7.14. The Bertz CT molecular complexity index is 1110. The fourth-order valence-electron chi connectivity index (χ4n) is 3.45. The maximum absolute atomic E-state index is 12.9. The highest BCUT2D eigenvalue weighted by atomic mass is 35.5. The first-order valence-corrected chi connectivity index (χ1v) is 12.1. The monoisotopic (exact) mass is 447 g/mol. The number of aryl methyl sites for hydroxylation is 1. The van der Waals surface area contributed by atoms with Gasteiger partial charge in [-0.2, -0.15) is 4.31 Å². The van der Waals surface area contributed by atoms with Crippen molar-refractivity contribution in [1.82, 2.24) is 9.29 Å². The number of hydrogen-bond donors (Lipinski definition) is 0. The minimum atomic E-state index is -3.52. The molecule has 0 atom stereocenters. The molecule has 0 unspecified atom stereocenters. The highest BCUT2D eigenvalue weighted by molar-refractivity contribution is 7.89. The normalized spacial score (nSPS) is 15.6. The number of hydrogen-bond acceptors (Lipinski definition) is 5. The van der Waals surface area contributed by atoms with Crippen molar-refractivity contribution in [3.05, 3.63) is 75.8 Å². The average Bonchev–Trinajstić information content (AvgIpc) is 3.16. The summed E-state index contributed by atoms with van der Waals surface area (Å²) in [6.45, 7) is 4.20. The largest absolute Gasteiger partial charge is 0.345 e. The average molecular weight is 448 g/mol. The van der Waals surface area contributed by atoms with Crippen LogP contribution in [0.1, 0.15) is 16.8 Å². The van der Waals surface area contributed by atoms with E-state index in [-0.39, 0.29) is 4.90 Å². The van der Waals surface area contributed by atoms with Gasteiger partial charge in [-0.15, -0.1) is 11.3 Å². The van der Waals surface area contributed by atoms with Crippen LogP contribution in [0.5, 0.6) is 0 Å². The lowest BCUT2D eigenvalue weighted by atomic mass is 10.1. The molecule has 0 bridgehead atoms. The summed E-state index contributed by atoms with van der Waals surface area (Å²) in [5.74, 6) is 0. The van der Waals surface area contributed by atoms with Crippen LogP contribution in [0.3, 0.4) is 0 Å². The summed E-state index contributed by atoms with van der Waals surface area (Å²) in [5, 5.41) is 3.47. The van der Waals surface area contributed by atoms with Crippen LogP contribution in [0.2, 0.25) is 5.02 Å². The van der Waals surface area contributed by atoms with Gasteiger partial charge in [0, 0.05) is 43.0 Å². The zero-order valence-corrected chi connectivity index (χ0v) is 18.5. The minimum Gasteiger partial charge on any atom is -0.345 e. The molecule has 1 aliphatic heterocycles. The van der Waals surface area contributed by atoms with Crippen LogP contribution in [-0.4, -0.2) is 43.9 Å². The molecule has 152 valence electrons. The summed E-state index contributed by atoms with van der Waals surface area (Å²) in [5.41, 5.74) is 3.54. The molecule has 0 saturated carbocycles. The first-order valence-electron chi connectivity index (χ1n) is 9.42. The Balaban J connectivity index is 1.40. The van der Waals surface area contributed by atoms with Gasteiger partial charge < -0.3 is 4.90 Å². The predicted molar refractivity (Wildman–Crippen MR) is 119 cm³/mol. The van der Waals surface area contributed by atoms with Crippen LogP contribution in [0.4, 0.5) is 5.13 Å². The molecule has 1 saturated heterocycles. The Morgan fingerprint density at radius 2 is 1.83 bits per heavy atom. The smallest absolute Gasteiger partial charge is 0.243 e. The third kappa shape index (κ3) is 4.64. The molecule has 1 aliphatic rings. The molecule has 0 amide bonds. The Morgan fingerprint density at radius 3 is 2.55 bits per heavy atom. The number of thiazole rings is 1. The van der Waals surface area contributed by atoms with Crippen molar-refractivity contribution in [1.29, 1.82) is 0 Å². The Labute approximate surface area is 180 Å². The van der Waals surface area contributed by atoms with Gasteiger partial charge in [-0.3, -0.25) is 0 Å². The molecule has 0 radical (unpaired) electrons. The van der Waals surface area contributed by atoms with Crippen molar-refractivity contribution < 1.29 is 8.42 Å². The molecule has 0 spiro atoms. The fraction of sp³-hybridized carbons (Fsp3) is 0.286. The Hall–Kier alpha value is -1.93. The fourth-order valence-corrected chi connectivity index (χ4v) is 6.05. The molecular weight excluding hydrogens is 426 g/mol. The maximum atomic E-state index is 12.9. The van der Waals surface area contributed by atoms with Crippen molar-refractivity contribution in [2.24, 2.45) is 0 Å². The van der Waals surface area contributed by atoms with Crippen LogP contribution >= 0.6 is 22.9 Å². The summed E-state index contributed by atoms with van der Waals surface area (Å²) < 4.78 is 27.2. The molecule has 2 aromatic carbocycles. The zero-order chi connectivity index (χ0) is 20.4. The van der Waals surface area contributed by atoms with E-state index in [1.54, 1.807) is 29.5 Å². The maximum Gasteiger partial charge on any atom is 0.243 e. The number of aromatic nitrogens is 1. The third-order valence-electron chi connectivity index (χ3n) is 4.95. The van der Waals surface area contributed by atoms with Gasteiger partial charge in [0.1, 0.15) is 0 Å². The van der Waals surface area contributed by atoms with Crippen LogP contribution in [0, 0.1) is 6.92 Å². The zero-order valence-electron chi connectivity index (χ0n) is 16.1. The van der Waals surface area contributed by atoms with Gasteiger partial charge in [0.15, 0.2) is 5.13 Å². The van der Waals surface area contributed by atoms with Crippen LogP contribution in [0.15, 0.2) is 58.8 Å². The van der Waals surface area contributed by atoms with Gasteiger partial charge in [-0.25, -0.2) is 13.4 Å². The predicted octanol–water partition coefficient (Wildman–Crippen LogP) is 4.21. The second kappa shape index (κ2) is 8.44. The van der Waals surface area contributed by atoms with Crippen LogP contribution in [0.25, 0.3) is 0 Å². The van der Waals surface area contributed by atoms with E-state index in [0.717, 1.165) is 17.2 Å². The Kier molecular flexibility index (Phi) is 5.92. The summed E-state index contributed by atoms with van der Waals surface area (Å²) in [7, 11) is -3.52. The van der Waals surface area contributed by atoms with Gasteiger partial charge in [0.05, 0.1) is 10.6 Å². The van der Waals surface area contributed by atoms with E-state index in [9.17, 15) is 8.42 Å². The van der Waals surface area contributed by atoms with Gasteiger partial charge in [-0.1, -0.05) is 47.5 Å². The summed E-state index contributed by atoms with van der Waals surface area (Å²) in [4.78, 5) is 7.18. The minimum absolute atomic E-state index is 0.244. The molecular formula is C21H22ClN3O2S2. The summed E-state index contributed by atoms with van der Waals surface area (Å²) in [6, 6.07) is 14.9. The molecule has 8 heteroatoms. The molecule has 4 rings (SSSR count). The number of anilines is 1. The summed E-state index contributed by atoms with van der Waals surface area (Å²) >= 11 is 7.58. The number of halogens is 1. The van der Waals surface area contributed by atoms with Crippen molar-refractivity contribution in [2.75, 3.05) is 31.1 Å². The van der Waals surface area contributed by atoms with Crippen molar-refractivity contribution in [3.8, 4) is 0 Å². The van der Waals surface area contributed by atoms with Crippen LogP contribution in [-0.2, 0) is 16.4 Å². The molecule has 1 aromatic heterocycles. The molecule has 1 fully saturated rings. The number of nitrogens with zero attached hydrogens (tertiary/aromatic N) is 3. The topological polar surface area (TPSA) is 53.5 Å². The summed E-state index contributed by atoms with van der Waals surface area (Å²) in [6.07, 6.45) is 0.807. The van der Waals surface area contributed by atoms with Crippen LogP contribution < -0.4 is 4.90 Å². The number of benzene rings is 2. The standard InChI is InChI=1S/C21H22ClN3O2S2/c1-16-4-2-5-17(12-16)13-19-15-28-21(23-19)24-8-10-25(11-9-24)29(26,27)20-7-3-6-18(22)14-20/h2-7,12,14-15H,8-11,13H2,1H3. The lowest BCUT2D eigenvalue weighted by molar-refractivity contribution is 0.384. The van der Waals surface area contributed by atoms with Crippen molar-refractivity contribution >= 4 is 38.1 Å². The van der Waals surface area contributed by atoms with E-state index in [4.69, 9.17) is 16.6 Å². The van der Waals surface area contributed by atoms with E-state index in [0.29, 0.717) is 31.2 Å². The number of piperazine rings is 1.